The first-order chi connectivity index (χ1) is 15.5. The van der Waals surface area contributed by atoms with E-state index in [0.29, 0.717) is 36.1 Å². The molecule has 2 atom stereocenters. The summed E-state index contributed by atoms with van der Waals surface area (Å²) in [6, 6.07) is 5.57. The van der Waals surface area contributed by atoms with Gasteiger partial charge in [0.1, 0.15) is 11.3 Å². The topological polar surface area (TPSA) is 75.9 Å². The molecule has 3 rings (SSSR count). The van der Waals surface area contributed by atoms with E-state index in [1.54, 1.807) is 29.8 Å². The number of carbonyl (C=O) groups excluding carboxylic acids is 2. The zero-order chi connectivity index (χ0) is 22.9. The number of fused-ring (bicyclic) bond motifs is 1. The Morgan fingerprint density at radius 1 is 1.38 bits per heavy atom. The molecule has 0 saturated carbocycles. The lowest BCUT2D eigenvalue weighted by atomic mass is 10.0. The number of imidazole rings is 1. The number of aromatic nitrogens is 2. The van der Waals surface area contributed by atoms with Gasteiger partial charge in [-0.3, -0.25) is 14.0 Å². The van der Waals surface area contributed by atoms with Crippen molar-refractivity contribution in [3.63, 3.8) is 0 Å². The van der Waals surface area contributed by atoms with Crippen LogP contribution in [0.2, 0.25) is 0 Å². The zero-order valence-corrected chi connectivity index (χ0v) is 19.1. The molecule has 0 aromatic carbocycles. The summed E-state index contributed by atoms with van der Waals surface area (Å²) in [4.78, 5) is 32.3. The number of likely N-dealkylation sites (tertiary alicyclic amines) is 1. The Morgan fingerprint density at radius 3 is 3.00 bits per heavy atom. The van der Waals surface area contributed by atoms with E-state index in [-0.39, 0.29) is 24.3 Å². The van der Waals surface area contributed by atoms with E-state index >= 15 is 0 Å². The number of rotatable bonds is 10. The molecule has 172 valence electrons. The molecule has 0 radical (unpaired) electrons. The average Bonchev–Trinajstić information content (AvgIpc) is 3.20. The van der Waals surface area contributed by atoms with Crippen molar-refractivity contribution in [2.45, 2.75) is 45.1 Å². The van der Waals surface area contributed by atoms with E-state index in [1.807, 2.05) is 29.2 Å². The lowest BCUT2D eigenvalue weighted by molar-refractivity contribution is -0.135. The second kappa shape index (κ2) is 11.6. The first-order valence-corrected chi connectivity index (χ1v) is 11.3. The van der Waals surface area contributed by atoms with Gasteiger partial charge in [0, 0.05) is 26.4 Å². The summed E-state index contributed by atoms with van der Waals surface area (Å²) < 4.78 is 7.07. The van der Waals surface area contributed by atoms with Crippen LogP contribution in [0.3, 0.4) is 0 Å². The van der Waals surface area contributed by atoms with Crippen molar-refractivity contribution in [2.75, 3.05) is 26.8 Å². The second-order valence-electron chi connectivity index (χ2n) is 8.46. The van der Waals surface area contributed by atoms with Crippen LogP contribution in [0.1, 0.15) is 48.8 Å². The minimum absolute atomic E-state index is 0.0579. The SMILES string of the molecule is C=C/C=C\CC(C)CNC(=O)c1cccc2nc(CC(=O)N3CCCCC3COC)cn12. The largest absolute Gasteiger partial charge is 0.383 e. The van der Waals surface area contributed by atoms with Crippen LogP contribution < -0.4 is 5.32 Å². The molecule has 3 heterocycles. The summed E-state index contributed by atoms with van der Waals surface area (Å²) >= 11 is 0. The van der Waals surface area contributed by atoms with Crippen molar-refractivity contribution < 1.29 is 14.3 Å². The third kappa shape index (κ3) is 6.07. The smallest absolute Gasteiger partial charge is 0.268 e. The first-order valence-electron chi connectivity index (χ1n) is 11.3. The third-order valence-electron chi connectivity index (χ3n) is 5.84. The van der Waals surface area contributed by atoms with Gasteiger partial charge in [0.15, 0.2) is 0 Å². The molecule has 2 aromatic heterocycles. The summed E-state index contributed by atoms with van der Waals surface area (Å²) in [5.41, 5.74) is 1.84. The normalized spacial score (nSPS) is 17.6. The van der Waals surface area contributed by atoms with Crippen LogP contribution in [0.15, 0.2) is 49.2 Å². The van der Waals surface area contributed by atoms with Crippen LogP contribution in [-0.2, 0) is 16.0 Å². The Kier molecular flexibility index (Phi) is 8.62. The van der Waals surface area contributed by atoms with Gasteiger partial charge in [-0.25, -0.2) is 4.98 Å². The van der Waals surface area contributed by atoms with Crippen molar-refractivity contribution in [2.24, 2.45) is 5.92 Å². The fourth-order valence-corrected chi connectivity index (χ4v) is 4.13. The highest BCUT2D eigenvalue weighted by Gasteiger charge is 2.27. The molecule has 2 aromatic rings. The molecule has 7 heteroatoms. The number of hydrogen-bond donors (Lipinski definition) is 1. The number of pyridine rings is 1. The van der Waals surface area contributed by atoms with E-state index in [2.05, 4.69) is 23.8 Å². The van der Waals surface area contributed by atoms with Gasteiger partial charge in [-0.1, -0.05) is 37.8 Å². The summed E-state index contributed by atoms with van der Waals surface area (Å²) in [6.07, 6.45) is 11.7. The van der Waals surface area contributed by atoms with Crippen LogP contribution in [0.5, 0.6) is 0 Å². The Morgan fingerprint density at radius 2 is 2.22 bits per heavy atom. The van der Waals surface area contributed by atoms with Crippen molar-refractivity contribution in [3.8, 4) is 0 Å². The maximum atomic E-state index is 13.0. The number of piperidine rings is 1. The predicted molar refractivity (Wildman–Crippen MR) is 126 cm³/mol. The van der Waals surface area contributed by atoms with Gasteiger partial charge < -0.3 is 15.0 Å². The maximum Gasteiger partial charge on any atom is 0.268 e. The van der Waals surface area contributed by atoms with Crippen LogP contribution in [0.25, 0.3) is 5.65 Å². The maximum absolute atomic E-state index is 13.0. The summed E-state index contributed by atoms with van der Waals surface area (Å²) in [7, 11) is 1.67. The molecule has 0 aliphatic carbocycles. The van der Waals surface area contributed by atoms with Crippen LogP contribution >= 0.6 is 0 Å². The number of hydrogen-bond acceptors (Lipinski definition) is 4. The van der Waals surface area contributed by atoms with Crippen LogP contribution in [0, 0.1) is 5.92 Å². The van der Waals surface area contributed by atoms with E-state index in [1.165, 1.54) is 0 Å². The Labute approximate surface area is 190 Å². The lowest BCUT2D eigenvalue weighted by Gasteiger charge is -2.35. The second-order valence-corrected chi connectivity index (χ2v) is 8.46. The van der Waals surface area contributed by atoms with Gasteiger partial charge in [-0.05, 0) is 43.7 Å². The summed E-state index contributed by atoms with van der Waals surface area (Å²) in [6.45, 7) is 7.65. The fourth-order valence-electron chi connectivity index (χ4n) is 4.13. The summed E-state index contributed by atoms with van der Waals surface area (Å²) in [5.74, 6) is 0.221. The average molecular weight is 439 g/mol. The molecule has 1 N–H and O–H groups in total. The number of nitrogens with one attached hydrogen (secondary N) is 1. The van der Waals surface area contributed by atoms with Gasteiger partial charge >= 0.3 is 0 Å². The van der Waals surface area contributed by atoms with E-state index in [4.69, 9.17) is 4.74 Å². The molecular formula is C25H34N4O3. The van der Waals surface area contributed by atoms with E-state index in [0.717, 1.165) is 32.2 Å². The molecule has 0 spiro atoms. The lowest BCUT2D eigenvalue weighted by Crippen LogP contribution is -2.46. The highest BCUT2D eigenvalue weighted by Crippen LogP contribution is 2.19. The Bertz CT molecular complexity index is 963. The Balaban J connectivity index is 1.67. The standard InChI is InChI=1S/C25H34N4O3/c1-4-5-6-10-19(2)16-26-25(31)22-12-9-13-23-27-20(17-29(22)23)15-24(30)28-14-8-7-11-21(28)18-32-3/h4-6,9,12-13,17,19,21H,1,7-8,10-11,14-16,18H2,2-3H3,(H,26,31)/b6-5-. The van der Waals surface area contributed by atoms with Gasteiger partial charge in [-0.2, -0.15) is 0 Å². The molecule has 7 nitrogen and oxygen atoms in total. The van der Waals surface area contributed by atoms with Gasteiger partial charge in [0.2, 0.25) is 5.91 Å². The monoisotopic (exact) mass is 438 g/mol. The Hall–Kier alpha value is -2.93. The molecule has 1 aliphatic heterocycles. The highest BCUT2D eigenvalue weighted by atomic mass is 16.5. The molecule has 0 bridgehead atoms. The molecule has 1 saturated heterocycles. The minimum Gasteiger partial charge on any atom is -0.383 e. The number of carbonyl (C=O) groups is 2. The van der Waals surface area contributed by atoms with Crippen molar-refractivity contribution in [1.29, 1.82) is 0 Å². The molecule has 1 fully saturated rings. The van der Waals surface area contributed by atoms with E-state index < -0.39 is 0 Å². The predicted octanol–water partition coefficient (Wildman–Crippen LogP) is 3.40. The fraction of sp³-hybridized carbons (Fsp3) is 0.480. The number of amides is 2. The van der Waals surface area contributed by atoms with Gasteiger partial charge in [0.25, 0.3) is 5.91 Å². The van der Waals surface area contributed by atoms with Gasteiger partial charge in [-0.15, -0.1) is 0 Å². The van der Waals surface area contributed by atoms with Crippen molar-refractivity contribution in [3.05, 3.63) is 60.6 Å². The molecular weight excluding hydrogens is 404 g/mol. The van der Waals surface area contributed by atoms with Gasteiger partial charge in [0.05, 0.1) is 24.8 Å². The minimum atomic E-state index is -0.151. The van der Waals surface area contributed by atoms with Crippen LogP contribution in [-0.4, -0.2) is 58.9 Å². The molecule has 2 unspecified atom stereocenters. The number of ether oxygens (including phenoxy) is 1. The number of allylic oxidation sites excluding steroid dienone is 3. The molecule has 2 amide bonds. The van der Waals surface area contributed by atoms with Crippen LogP contribution in [0.4, 0.5) is 0 Å². The summed E-state index contributed by atoms with van der Waals surface area (Å²) in [5, 5.41) is 3.00. The van der Waals surface area contributed by atoms with Crippen molar-refractivity contribution in [1.82, 2.24) is 19.6 Å². The quantitative estimate of drug-likeness (QED) is 0.577. The number of nitrogens with zero attached hydrogens (tertiary/aromatic N) is 3. The number of methoxy groups -OCH3 is 1. The third-order valence-corrected chi connectivity index (χ3v) is 5.84. The van der Waals surface area contributed by atoms with Crippen molar-refractivity contribution >= 4 is 17.5 Å². The van der Waals surface area contributed by atoms with E-state index in [9.17, 15) is 9.59 Å². The molecule has 1 aliphatic rings. The highest BCUT2D eigenvalue weighted by molar-refractivity contribution is 5.93. The molecule has 32 heavy (non-hydrogen) atoms. The zero-order valence-electron chi connectivity index (χ0n) is 19.1. The first kappa shape index (κ1) is 23.7.